The lowest BCUT2D eigenvalue weighted by atomic mass is 9.83. The van der Waals surface area contributed by atoms with Gasteiger partial charge in [0.25, 0.3) is 0 Å². The monoisotopic (exact) mass is 341 g/mol. The minimum atomic E-state index is 0.164. The third-order valence-electron chi connectivity index (χ3n) is 4.21. The number of nitrogens with one attached hydrogen (secondary N) is 1. The maximum Gasteiger partial charge on any atom is 0.172 e. The first-order valence-electron chi connectivity index (χ1n) is 7.36. The molecule has 3 nitrogen and oxygen atoms in total. The predicted octanol–water partition coefficient (Wildman–Crippen LogP) is 4.08. The highest BCUT2D eigenvalue weighted by Crippen LogP contribution is 2.35. The van der Waals surface area contributed by atoms with Gasteiger partial charge in [-0.25, -0.2) is 0 Å². The van der Waals surface area contributed by atoms with Gasteiger partial charge in [-0.3, -0.25) is 0 Å². The van der Waals surface area contributed by atoms with Crippen molar-refractivity contribution in [2.24, 2.45) is 11.8 Å². The maximum atomic E-state index is 9.78. The Balaban J connectivity index is 1.83. The second kappa shape index (κ2) is 7.32. The van der Waals surface area contributed by atoms with Crippen molar-refractivity contribution in [3.8, 4) is 11.5 Å². The Hall–Kier alpha value is -0.740. The first-order valence-corrected chi connectivity index (χ1v) is 8.15. The minimum absolute atomic E-state index is 0.164. The molecular weight excluding hydrogens is 318 g/mol. The van der Waals surface area contributed by atoms with Crippen LogP contribution in [0.1, 0.15) is 38.2 Å². The van der Waals surface area contributed by atoms with Gasteiger partial charge in [-0.1, -0.05) is 19.8 Å². The molecule has 1 saturated carbocycles. The number of methoxy groups -OCH3 is 1. The topological polar surface area (TPSA) is 41.5 Å². The highest BCUT2D eigenvalue weighted by Gasteiger charge is 2.17. The summed E-state index contributed by atoms with van der Waals surface area (Å²) in [5.41, 5.74) is 1.12. The quantitative estimate of drug-likeness (QED) is 0.847. The number of hydrogen-bond donors (Lipinski definition) is 2. The van der Waals surface area contributed by atoms with E-state index < -0.39 is 0 Å². The van der Waals surface area contributed by atoms with Gasteiger partial charge in [0.1, 0.15) is 0 Å². The average molecular weight is 342 g/mol. The standard InChI is InChI=1S/C16H24BrNO2/c1-11-3-5-12(6-4-11)9-18-10-13-7-14(17)16(19)15(8-13)20-2/h7-8,11-12,18-19H,3-6,9-10H2,1-2H3. The molecule has 1 aliphatic carbocycles. The number of hydrogen-bond acceptors (Lipinski definition) is 3. The van der Waals surface area contributed by atoms with E-state index in [1.807, 2.05) is 12.1 Å². The van der Waals surface area contributed by atoms with Crippen LogP contribution in [0.2, 0.25) is 0 Å². The van der Waals surface area contributed by atoms with Gasteiger partial charge in [-0.15, -0.1) is 0 Å². The van der Waals surface area contributed by atoms with Gasteiger partial charge >= 0.3 is 0 Å². The Morgan fingerprint density at radius 1 is 1.30 bits per heavy atom. The first-order chi connectivity index (χ1) is 9.60. The zero-order chi connectivity index (χ0) is 14.5. The second-order valence-corrected chi connectivity index (χ2v) is 6.74. The van der Waals surface area contributed by atoms with Crippen LogP contribution in [0.25, 0.3) is 0 Å². The largest absolute Gasteiger partial charge is 0.503 e. The highest BCUT2D eigenvalue weighted by atomic mass is 79.9. The Bertz CT molecular complexity index is 442. The second-order valence-electron chi connectivity index (χ2n) is 5.89. The first kappa shape index (κ1) is 15.6. The van der Waals surface area contributed by atoms with Gasteiger partial charge < -0.3 is 15.2 Å². The number of halogens is 1. The number of rotatable bonds is 5. The van der Waals surface area contributed by atoms with Crippen molar-refractivity contribution < 1.29 is 9.84 Å². The number of aromatic hydroxyl groups is 1. The van der Waals surface area contributed by atoms with E-state index in [2.05, 4.69) is 28.2 Å². The number of phenols is 1. The summed E-state index contributed by atoms with van der Waals surface area (Å²) in [5.74, 6) is 2.40. The molecule has 1 aliphatic rings. The summed E-state index contributed by atoms with van der Waals surface area (Å²) < 4.78 is 5.85. The van der Waals surface area contributed by atoms with Crippen LogP contribution in [-0.4, -0.2) is 18.8 Å². The van der Waals surface area contributed by atoms with E-state index in [1.54, 1.807) is 7.11 Å². The Labute approximate surface area is 129 Å². The Morgan fingerprint density at radius 2 is 2.00 bits per heavy atom. The van der Waals surface area contributed by atoms with Crippen LogP contribution in [0.15, 0.2) is 16.6 Å². The van der Waals surface area contributed by atoms with E-state index in [0.717, 1.165) is 30.5 Å². The Morgan fingerprint density at radius 3 is 2.65 bits per heavy atom. The Kier molecular flexibility index (Phi) is 5.73. The van der Waals surface area contributed by atoms with Crippen molar-refractivity contribution in [3.63, 3.8) is 0 Å². The predicted molar refractivity (Wildman–Crippen MR) is 85.2 cm³/mol. The van der Waals surface area contributed by atoms with E-state index in [-0.39, 0.29) is 5.75 Å². The molecule has 112 valence electrons. The van der Waals surface area contributed by atoms with E-state index in [0.29, 0.717) is 10.2 Å². The SMILES string of the molecule is COc1cc(CNCC2CCC(C)CC2)cc(Br)c1O. The molecule has 0 aromatic heterocycles. The van der Waals surface area contributed by atoms with Crippen molar-refractivity contribution in [2.45, 2.75) is 39.2 Å². The minimum Gasteiger partial charge on any atom is -0.503 e. The summed E-state index contributed by atoms with van der Waals surface area (Å²) in [6.07, 6.45) is 5.42. The molecule has 0 spiro atoms. The molecular formula is C16H24BrNO2. The molecule has 0 radical (unpaired) electrons. The van der Waals surface area contributed by atoms with Gasteiger partial charge in [0.05, 0.1) is 11.6 Å². The lowest BCUT2D eigenvalue weighted by molar-refractivity contribution is 0.281. The third kappa shape index (κ3) is 4.13. The molecule has 2 rings (SSSR count). The molecule has 0 bridgehead atoms. The summed E-state index contributed by atoms with van der Waals surface area (Å²) in [6.45, 7) is 4.23. The van der Waals surface area contributed by atoms with E-state index >= 15 is 0 Å². The van der Waals surface area contributed by atoms with Gasteiger partial charge in [-0.05, 0) is 64.8 Å². The fraction of sp³-hybridized carbons (Fsp3) is 0.625. The number of ether oxygens (including phenoxy) is 1. The fourth-order valence-corrected chi connectivity index (χ4v) is 3.33. The molecule has 0 heterocycles. The van der Waals surface area contributed by atoms with Crippen LogP contribution in [0, 0.1) is 11.8 Å². The lowest BCUT2D eigenvalue weighted by Gasteiger charge is -2.26. The van der Waals surface area contributed by atoms with Crippen molar-refractivity contribution >= 4 is 15.9 Å². The van der Waals surface area contributed by atoms with Crippen LogP contribution in [-0.2, 0) is 6.54 Å². The molecule has 0 saturated heterocycles. The van der Waals surface area contributed by atoms with Gasteiger partial charge in [-0.2, -0.15) is 0 Å². The summed E-state index contributed by atoms with van der Waals surface area (Å²) in [7, 11) is 1.57. The molecule has 20 heavy (non-hydrogen) atoms. The molecule has 0 aliphatic heterocycles. The molecule has 1 aromatic rings. The molecule has 4 heteroatoms. The van der Waals surface area contributed by atoms with Crippen LogP contribution < -0.4 is 10.1 Å². The van der Waals surface area contributed by atoms with Crippen LogP contribution in [0.3, 0.4) is 0 Å². The van der Waals surface area contributed by atoms with E-state index in [9.17, 15) is 5.11 Å². The molecule has 0 unspecified atom stereocenters. The fourth-order valence-electron chi connectivity index (χ4n) is 2.84. The smallest absolute Gasteiger partial charge is 0.172 e. The average Bonchev–Trinajstić information content (AvgIpc) is 2.44. The summed E-state index contributed by atoms with van der Waals surface area (Å²) in [4.78, 5) is 0. The summed E-state index contributed by atoms with van der Waals surface area (Å²) in [6, 6.07) is 3.82. The van der Waals surface area contributed by atoms with E-state index in [1.165, 1.54) is 25.7 Å². The van der Waals surface area contributed by atoms with Crippen LogP contribution in [0.5, 0.6) is 11.5 Å². The number of phenolic OH excluding ortho intramolecular Hbond substituents is 1. The van der Waals surface area contributed by atoms with E-state index in [4.69, 9.17) is 4.74 Å². The van der Waals surface area contributed by atoms with Gasteiger partial charge in [0.15, 0.2) is 11.5 Å². The van der Waals surface area contributed by atoms with Crippen molar-refractivity contribution in [1.29, 1.82) is 0 Å². The van der Waals surface area contributed by atoms with Crippen molar-refractivity contribution in [2.75, 3.05) is 13.7 Å². The van der Waals surface area contributed by atoms with Crippen molar-refractivity contribution in [1.82, 2.24) is 5.32 Å². The summed E-state index contributed by atoms with van der Waals surface area (Å²) >= 11 is 3.36. The zero-order valence-corrected chi connectivity index (χ0v) is 13.9. The lowest BCUT2D eigenvalue weighted by Crippen LogP contribution is -2.25. The normalized spacial score (nSPS) is 22.8. The molecule has 2 N–H and O–H groups in total. The van der Waals surface area contributed by atoms with Gasteiger partial charge in [0, 0.05) is 6.54 Å². The van der Waals surface area contributed by atoms with Gasteiger partial charge in [0.2, 0.25) is 0 Å². The zero-order valence-electron chi connectivity index (χ0n) is 12.3. The van der Waals surface area contributed by atoms with Crippen LogP contribution in [0.4, 0.5) is 0 Å². The third-order valence-corrected chi connectivity index (χ3v) is 4.81. The highest BCUT2D eigenvalue weighted by molar-refractivity contribution is 9.10. The maximum absolute atomic E-state index is 9.78. The molecule has 0 atom stereocenters. The van der Waals surface area contributed by atoms with Crippen molar-refractivity contribution in [3.05, 3.63) is 22.2 Å². The molecule has 0 amide bonds. The molecule has 1 aromatic carbocycles. The number of benzene rings is 1. The summed E-state index contributed by atoms with van der Waals surface area (Å²) in [5, 5.41) is 13.3. The molecule has 1 fully saturated rings. The van der Waals surface area contributed by atoms with Crippen LogP contribution >= 0.6 is 15.9 Å².